The van der Waals surface area contributed by atoms with Gasteiger partial charge in [0.05, 0.1) is 0 Å². The summed E-state index contributed by atoms with van der Waals surface area (Å²) in [5.41, 5.74) is 0.819. The molecule has 2 aliphatic rings. The molecular weight excluding hydrogens is 812 g/mol. The van der Waals surface area contributed by atoms with Crippen molar-refractivity contribution in [1.29, 1.82) is 0 Å². The van der Waals surface area contributed by atoms with Crippen LogP contribution in [0.2, 0.25) is 0 Å². The van der Waals surface area contributed by atoms with Gasteiger partial charge in [-0.1, -0.05) is 42.5 Å². The van der Waals surface area contributed by atoms with Crippen molar-refractivity contribution < 1.29 is 68.1 Å². The zero-order valence-electron chi connectivity index (χ0n) is 34.2. The number of amides is 7. The number of benzene rings is 2. The molecule has 7 amide bonds. The van der Waals surface area contributed by atoms with Gasteiger partial charge in [-0.25, -0.2) is 19.2 Å². The van der Waals surface area contributed by atoms with E-state index in [1.165, 1.54) is 0 Å². The molecule has 0 radical (unpaired) electrons. The highest BCUT2D eigenvalue weighted by atomic mass is 16.7. The molecule has 20 nitrogen and oxygen atoms in total. The van der Waals surface area contributed by atoms with Crippen LogP contribution in [0.1, 0.15) is 95.5 Å². The van der Waals surface area contributed by atoms with Crippen LogP contribution in [0.4, 0.5) is 4.79 Å². The summed E-state index contributed by atoms with van der Waals surface area (Å²) in [4.78, 5) is 126. The van der Waals surface area contributed by atoms with Gasteiger partial charge in [-0.05, 0) is 80.0 Å². The molecule has 0 unspecified atom stereocenters. The highest BCUT2D eigenvalue weighted by Crippen LogP contribution is 2.29. The van der Waals surface area contributed by atoms with Crippen molar-refractivity contribution in [2.75, 3.05) is 13.1 Å². The molecule has 3 atom stereocenters. The van der Waals surface area contributed by atoms with Crippen LogP contribution in [-0.4, -0.2) is 111 Å². The van der Waals surface area contributed by atoms with Crippen LogP contribution in [0, 0.1) is 11.8 Å². The minimum atomic E-state index is -1.54. The number of carboxylic acid groups (broad SMARTS) is 3. The summed E-state index contributed by atoms with van der Waals surface area (Å²) < 4.78 is 0. The number of unbranched alkanes of at least 4 members (excludes halogenated alkanes) is 1. The lowest BCUT2D eigenvalue weighted by atomic mass is 9.81. The maximum atomic E-state index is 13.6. The van der Waals surface area contributed by atoms with Crippen LogP contribution >= 0.6 is 0 Å². The number of rotatable bonds is 24. The van der Waals surface area contributed by atoms with Crippen LogP contribution in [0.5, 0.6) is 0 Å². The van der Waals surface area contributed by atoms with Crippen molar-refractivity contribution in [2.45, 2.75) is 114 Å². The van der Waals surface area contributed by atoms with E-state index in [4.69, 9.17) is 9.94 Å². The number of hydroxylamine groups is 2. The van der Waals surface area contributed by atoms with E-state index in [2.05, 4.69) is 26.6 Å². The smallest absolute Gasteiger partial charge is 0.333 e. The fraction of sp³-hybridized carbons (Fsp3) is 0.524. The van der Waals surface area contributed by atoms with E-state index in [-0.39, 0.29) is 81.6 Å². The zero-order chi connectivity index (χ0) is 45.2. The summed E-state index contributed by atoms with van der Waals surface area (Å²) in [7, 11) is 0. The summed E-state index contributed by atoms with van der Waals surface area (Å²) >= 11 is 0. The molecule has 1 saturated carbocycles. The van der Waals surface area contributed by atoms with E-state index >= 15 is 0 Å². The van der Waals surface area contributed by atoms with E-state index in [1.54, 1.807) is 0 Å². The molecule has 4 rings (SSSR count). The van der Waals surface area contributed by atoms with Gasteiger partial charge in [0, 0.05) is 57.5 Å². The lowest BCUT2D eigenvalue weighted by Crippen LogP contribution is -2.51. The van der Waals surface area contributed by atoms with Crippen molar-refractivity contribution in [3.05, 3.63) is 48.0 Å². The minimum absolute atomic E-state index is 0.0108. The number of aliphatic carboxylic acids is 3. The third kappa shape index (κ3) is 15.8. The number of nitrogens with zero attached hydrogens (tertiary/aromatic N) is 1. The Hall–Kier alpha value is -6.60. The third-order valence-corrected chi connectivity index (χ3v) is 10.7. The monoisotopic (exact) mass is 866 g/mol. The number of imide groups is 1. The number of nitrogens with one attached hydrogen (secondary N) is 5. The highest BCUT2D eigenvalue weighted by Gasteiger charge is 2.33. The normalized spacial score (nSPS) is 17.6. The molecular formula is C42H54N6O14. The second-order valence-corrected chi connectivity index (χ2v) is 15.5. The first-order valence-electron chi connectivity index (χ1n) is 20.7. The number of carbonyl (C=O) groups is 10. The van der Waals surface area contributed by atoms with Crippen LogP contribution in [-0.2, 0) is 54.4 Å². The summed E-state index contributed by atoms with van der Waals surface area (Å²) in [6, 6.07) is 8.55. The predicted octanol–water partition coefficient (Wildman–Crippen LogP) is 1.92. The number of hydrogen-bond donors (Lipinski definition) is 8. The third-order valence-electron chi connectivity index (χ3n) is 10.7. The molecule has 0 spiro atoms. The van der Waals surface area contributed by atoms with Crippen molar-refractivity contribution in [1.82, 2.24) is 31.6 Å². The Labute approximate surface area is 356 Å². The van der Waals surface area contributed by atoms with Gasteiger partial charge in [0.25, 0.3) is 11.8 Å². The van der Waals surface area contributed by atoms with Gasteiger partial charge < -0.3 is 46.7 Å². The average molecular weight is 867 g/mol. The molecule has 20 heteroatoms. The second-order valence-electron chi connectivity index (χ2n) is 15.5. The van der Waals surface area contributed by atoms with E-state index in [9.17, 15) is 58.2 Å². The predicted molar refractivity (Wildman–Crippen MR) is 217 cm³/mol. The maximum absolute atomic E-state index is 13.6. The van der Waals surface area contributed by atoms with Gasteiger partial charge in [-0.3, -0.25) is 28.8 Å². The van der Waals surface area contributed by atoms with E-state index in [0.29, 0.717) is 43.7 Å². The van der Waals surface area contributed by atoms with Gasteiger partial charge in [-0.2, -0.15) is 0 Å². The number of fused-ring (bicyclic) bond motifs is 1. The lowest BCUT2D eigenvalue weighted by Gasteiger charge is -2.29. The standard InChI is InChI=1S/C42H54N6O14/c49-33(9-5-10-37(54)62-48-34(50)18-19-35(48)51)44-24-25-11-15-28(16-12-25)38(55)45-32(23-26-13-14-27-6-1-2-7-29(27)22-26)39(56)43-21-4-3-8-30(40(57)58)46-42(61)47-31(41(59)60)17-20-36(52)53/h1-2,6-7,13-14,22,25,28,30-32H,3-5,8-12,15-21,23-24H2,(H,43,56)(H,44,49)(H,45,55)(H,52,53)(H,57,58)(H,59,60)(H2,46,47,61)/t25?,28?,30-,31-,32-/m0/s1. The molecule has 0 bridgehead atoms. The molecule has 62 heavy (non-hydrogen) atoms. The number of hydrogen-bond acceptors (Lipinski definition) is 11. The number of carboxylic acids is 3. The minimum Gasteiger partial charge on any atom is -0.481 e. The number of urea groups is 1. The molecule has 1 aliphatic carbocycles. The van der Waals surface area contributed by atoms with E-state index < -0.39 is 78.6 Å². The van der Waals surface area contributed by atoms with Gasteiger partial charge in [0.2, 0.25) is 17.7 Å². The molecule has 2 fully saturated rings. The largest absolute Gasteiger partial charge is 0.481 e. The fourth-order valence-electron chi connectivity index (χ4n) is 7.22. The van der Waals surface area contributed by atoms with Crippen LogP contribution in [0.3, 0.4) is 0 Å². The molecule has 1 aliphatic heterocycles. The first-order chi connectivity index (χ1) is 29.6. The zero-order valence-corrected chi connectivity index (χ0v) is 34.2. The Kier molecular flexibility index (Phi) is 18.6. The summed E-state index contributed by atoms with van der Waals surface area (Å²) in [5, 5.41) is 43.0. The van der Waals surface area contributed by atoms with Gasteiger partial charge >= 0.3 is 29.9 Å². The topological polar surface area (TPSA) is 304 Å². The fourth-order valence-corrected chi connectivity index (χ4v) is 7.22. The Morgan fingerprint density at radius 3 is 1.98 bits per heavy atom. The summed E-state index contributed by atoms with van der Waals surface area (Å²) in [6.45, 7) is 0.511. The first-order valence-corrected chi connectivity index (χ1v) is 20.7. The highest BCUT2D eigenvalue weighted by molar-refractivity contribution is 6.01. The van der Waals surface area contributed by atoms with Crippen molar-refractivity contribution in [2.24, 2.45) is 11.8 Å². The number of carbonyl (C=O) groups excluding carboxylic acids is 7. The van der Waals surface area contributed by atoms with E-state index in [1.807, 2.05) is 42.5 Å². The van der Waals surface area contributed by atoms with Gasteiger partial charge in [-0.15, -0.1) is 5.06 Å². The summed E-state index contributed by atoms with van der Waals surface area (Å²) in [6.07, 6.45) is 2.20. The SMILES string of the molecule is O=C(O)CC[C@H](NC(=O)N[C@@H](CCCCNC(=O)[C@H](Cc1ccc2ccccc2c1)NC(=O)C1CCC(CNC(=O)CCCC(=O)ON2C(=O)CCC2=O)CC1)C(=O)O)C(=O)O. The lowest BCUT2D eigenvalue weighted by molar-refractivity contribution is -0.197. The average Bonchev–Trinajstić information content (AvgIpc) is 3.55. The van der Waals surface area contributed by atoms with Crippen molar-refractivity contribution in [3.63, 3.8) is 0 Å². The van der Waals surface area contributed by atoms with Crippen molar-refractivity contribution >= 4 is 70.2 Å². The Morgan fingerprint density at radius 2 is 1.34 bits per heavy atom. The molecule has 2 aromatic carbocycles. The Balaban J connectivity index is 1.23. The van der Waals surface area contributed by atoms with Gasteiger partial charge in [0.15, 0.2) is 0 Å². The molecule has 1 saturated heterocycles. The summed E-state index contributed by atoms with van der Waals surface area (Å²) in [5.74, 6) is -7.27. The Morgan fingerprint density at radius 1 is 0.694 bits per heavy atom. The second kappa shape index (κ2) is 24.0. The maximum Gasteiger partial charge on any atom is 0.333 e. The van der Waals surface area contributed by atoms with Crippen molar-refractivity contribution in [3.8, 4) is 0 Å². The first kappa shape index (κ1) is 48.1. The van der Waals surface area contributed by atoms with Gasteiger partial charge in [0.1, 0.15) is 18.1 Å². The quantitative estimate of drug-likeness (QED) is 0.0553. The van der Waals surface area contributed by atoms with Crippen LogP contribution in [0.15, 0.2) is 42.5 Å². The molecule has 0 aromatic heterocycles. The molecule has 1 heterocycles. The van der Waals surface area contributed by atoms with E-state index in [0.717, 1.165) is 16.3 Å². The van der Waals surface area contributed by atoms with Crippen LogP contribution < -0.4 is 26.6 Å². The Bertz CT molecular complexity index is 1970. The molecule has 8 N–H and O–H groups in total. The van der Waals surface area contributed by atoms with Crippen LogP contribution in [0.25, 0.3) is 10.8 Å². The molecule has 2 aromatic rings. The molecule has 336 valence electrons.